The Morgan fingerprint density at radius 1 is 1.54 bits per heavy atom. The van der Waals surface area contributed by atoms with Crippen LogP contribution >= 0.6 is 28.3 Å². The van der Waals surface area contributed by atoms with E-state index >= 15 is 0 Å². The van der Waals surface area contributed by atoms with Gasteiger partial charge in [-0.05, 0) is 52.4 Å². The van der Waals surface area contributed by atoms with Crippen molar-refractivity contribution in [1.29, 1.82) is 0 Å². The Kier molecular flexibility index (Phi) is 3.71. The van der Waals surface area contributed by atoms with Crippen LogP contribution in [-0.2, 0) is 0 Å². The number of pyridine rings is 1. The van der Waals surface area contributed by atoms with Crippen LogP contribution < -0.4 is 5.73 Å². The van der Waals surface area contributed by atoms with Crippen LogP contribution in [-0.4, -0.2) is 4.98 Å². The van der Waals surface area contributed by atoms with Crippen molar-refractivity contribution in [3.05, 3.63) is 28.5 Å². The third kappa shape index (κ3) is 2.66. The summed E-state index contributed by atoms with van der Waals surface area (Å²) in [5.74, 6) is 0.708. The predicted molar refractivity (Wildman–Crippen MR) is 58.8 cm³/mol. The first-order valence-corrected chi connectivity index (χ1v) is 4.93. The molecule has 0 aromatic carbocycles. The molecular formula is C9H12BrClN2. The van der Waals surface area contributed by atoms with Gasteiger partial charge in [-0.2, -0.15) is 0 Å². The maximum Gasteiger partial charge on any atom is 0.106 e. The zero-order valence-electron chi connectivity index (χ0n) is 7.11. The number of rotatable bonds is 2. The molecule has 2 nitrogen and oxygen atoms in total. The first-order valence-electron chi connectivity index (χ1n) is 4.14. The van der Waals surface area contributed by atoms with Crippen LogP contribution in [0.3, 0.4) is 0 Å². The predicted octanol–water partition coefficient (Wildman–Crippen LogP) is 2.68. The summed E-state index contributed by atoms with van der Waals surface area (Å²) >= 11 is 3.33. The van der Waals surface area contributed by atoms with Crippen LogP contribution in [0.5, 0.6) is 0 Å². The van der Waals surface area contributed by atoms with Crippen molar-refractivity contribution in [3.8, 4) is 0 Å². The normalized spacial score (nSPS) is 17.7. The molecule has 1 fully saturated rings. The summed E-state index contributed by atoms with van der Waals surface area (Å²) in [4.78, 5) is 4.06. The van der Waals surface area contributed by atoms with Crippen molar-refractivity contribution in [2.45, 2.75) is 18.9 Å². The van der Waals surface area contributed by atoms with Gasteiger partial charge in [-0.25, -0.2) is 4.98 Å². The van der Waals surface area contributed by atoms with Crippen molar-refractivity contribution < 1.29 is 0 Å². The number of aromatic nitrogens is 1. The van der Waals surface area contributed by atoms with Gasteiger partial charge in [-0.1, -0.05) is 0 Å². The van der Waals surface area contributed by atoms with Crippen LogP contribution in [0.4, 0.5) is 0 Å². The number of hydrogen-bond acceptors (Lipinski definition) is 2. The van der Waals surface area contributed by atoms with Crippen molar-refractivity contribution in [3.63, 3.8) is 0 Å². The SMILES string of the molecule is Cl.N[C@H](c1ccnc(Br)c1)C1CC1. The standard InChI is InChI=1S/C9H11BrN2.ClH/c10-8-5-7(3-4-12-8)9(11)6-1-2-6;/h3-6,9H,1-2,11H2;1H/t9-;/m0./s1. The Bertz CT molecular complexity index is 289. The fourth-order valence-corrected chi connectivity index (χ4v) is 1.73. The molecule has 0 saturated heterocycles. The van der Waals surface area contributed by atoms with Gasteiger partial charge in [-0.15, -0.1) is 12.4 Å². The van der Waals surface area contributed by atoms with Crippen molar-refractivity contribution in [2.24, 2.45) is 11.7 Å². The minimum atomic E-state index is 0. The average molecular weight is 264 g/mol. The van der Waals surface area contributed by atoms with Crippen LogP contribution in [0.15, 0.2) is 22.9 Å². The molecule has 0 radical (unpaired) electrons. The highest BCUT2D eigenvalue weighted by atomic mass is 79.9. The Hall–Kier alpha value is -0.120. The van der Waals surface area contributed by atoms with E-state index < -0.39 is 0 Å². The van der Waals surface area contributed by atoms with Gasteiger partial charge in [0.2, 0.25) is 0 Å². The summed E-state index contributed by atoms with van der Waals surface area (Å²) in [7, 11) is 0. The van der Waals surface area contributed by atoms with Crippen molar-refractivity contribution in [2.75, 3.05) is 0 Å². The molecule has 0 aliphatic heterocycles. The first kappa shape index (κ1) is 11.0. The van der Waals surface area contributed by atoms with E-state index in [2.05, 4.69) is 20.9 Å². The molecular weight excluding hydrogens is 251 g/mol. The fraction of sp³-hybridized carbons (Fsp3) is 0.444. The first-order chi connectivity index (χ1) is 5.77. The van der Waals surface area contributed by atoms with Crippen LogP contribution in [0.2, 0.25) is 0 Å². The quantitative estimate of drug-likeness (QED) is 0.833. The Labute approximate surface area is 92.5 Å². The third-order valence-electron chi connectivity index (χ3n) is 2.27. The Balaban J connectivity index is 0.000000845. The van der Waals surface area contributed by atoms with E-state index in [1.807, 2.05) is 12.1 Å². The van der Waals surface area contributed by atoms with Gasteiger partial charge >= 0.3 is 0 Å². The lowest BCUT2D eigenvalue weighted by molar-refractivity contribution is 0.632. The molecule has 0 spiro atoms. The van der Waals surface area contributed by atoms with Crippen molar-refractivity contribution >= 4 is 28.3 Å². The van der Waals surface area contributed by atoms with Crippen LogP contribution in [0.25, 0.3) is 0 Å². The number of hydrogen-bond donors (Lipinski definition) is 1. The molecule has 1 heterocycles. The van der Waals surface area contributed by atoms with Gasteiger partial charge in [0.1, 0.15) is 4.60 Å². The third-order valence-corrected chi connectivity index (χ3v) is 2.70. The van der Waals surface area contributed by atoms with Gasteiger partial charge in [-0.3, -0.25) is 0 Å². The van der Waals surface area contributed by atoms with Gasteiger partial charge in [0, 0.05) is 12.2 Å². The fourth-order valence-electron chi connectivity index (χ4n) is 1.35. The van der Waals surface area contributed by atoms with Gasteiger partial charge in [0.05, 0.1) is 0 Å². The molecule has 0 unspecified atom stereocenters. The van der Waals surface area contributed by atoms with E-state index in [9.17, 15) is 0 Å². The van der Waals surface area contributed by atoms with E-state index in [-0.39, 0.29) is 18.4 Å². The minimum Gasteiger partial charge on any atom is -0.324 e. The topological polar surface area (TPSA) is 38.9 Å². The second kappa shape index (κ2) is 4.40. The highest BCUT2D eigenvalue weighted by molar-refractivity contribution is 9.10. The minimum absolute atomic E-state index is 0. The van der Waals surface area contributed by atoms with Gasteiger partial charge < -0.3 is 5.73 Å². The summed E-state index contributed by atoms with van der Waals surface area (Å²) in [6, 6.07) is 4.21. The van der Waals surface area contributed by atoms with E-state index in [1.165, 1.54) is 18.4 Å². The molecule has 72 valence electrons. The smallest absolute Gasteiger partial charge is 0.106 e. The summed E-state index contributed by atoms with van der Waals surface area (Å²) in [6.07, 6.45) is 4.35. The van der Waals surface area contributed by atoms with Crippen LogP contribution in [0.1, 0.15) is 24.4 Å². The summed E-state index contributed by atoms with van der Waals surface area (Å²) in [6.45, 7) is 0. The van der Waals surface area contributed by atoms with Crippen LogP contribution in [0, 0.1) is 5.92 Å². The summed E-state index contributed by atoms with van der Waals surface area (Å²) in [5, 5.41) is 0. The van der Waals surface area contributed by atoms with E-state index in [4.69, 9.17) is 5.73 Å². The van der Waals surface area contributed by atoms with E-state index in [0.717, 1.165) is 4.60 Å². The second-order valence-electron chi connectivity index (χ2n) is 3.28. The molecule has 2 N–H and O–H groups in total. The number of nitrogens with zero attached hydrogens (tertiary/aromatic N) is 1. The van der Waals surface area contributed by atoms with E-state index in [1.54, 1.807) is 6.20 Å². The maximum atomic E-state index is 6.02. The van der Waals surface area contributed by atoms with Crippen molar-refractivity contribution in [1.82, 2.24) is 4.98 Å². The lowest BCUT2D eigenvalue weighted by Crippen LogP contribution is -2.12. The Morgan fingerprint density at radius 2 is 2.23 bits per heavy atom. The lowest BCUT2D eigenvalue weighted by atomic mass is 10.1. The molecule has 1 aromatic rings. The highest BCUT2D eigenvalue weighted by Crippen LogP contribution is 2.39. The largest absolute Gasteiger partial charge is 0.324 e. The molecule has 13 heavy (non-hydrogen) atoms. The summed E-state index contributed by atoms with van der Waals surface area (Å²) in [5.41, 5.74) is 7.21. The zero-order chi connectivity index (χ0) is 8.55. The monoisotopic (exact) mass is 262 g/mol. The highest BCUT2D eigenvalue weighted by Gasteiger charge is 2.29. The average Bonchev–Trinajstić information content (AvgIpc) is 2.85. The molecule has 1 saturated carbocycles. The molecule has 0 bridgehead atoms. The molecule has 1 aromatic heterocycles. The molecule has 4 heteroatoms. The second-order valence-corrected chi connectivity index (χ2v) is 4.09. The molecule has 0 amide bonds. The maximum absolute atomic E-state index is 6.02. The molecule has 1 aliphatic rings. The Morgan fingerprint density at radius 3 is 2.77 bits per heavy atom. The van der Waals surface area contributed by atoms with E-state index in [0.29, 0.717) is 5.92 Å². The number of halogens is 2. The van der Waals surface area contributed by atoms with Gasteiger partial charge in [0.25, 0.3) is 0 Å². The summed E-state index contributed by atoms with van der Waals surface area (Å²) < 4.78 is 0.871. The van der Waals surface area contributed by atoms with Gasteiger partial charge in [0.15, 0.2) is 0 Å². The molecule has 1 aliphatic carbocycles. The molecule has 2 rings (SSSR count). The molecule has 1 atom stereocenters. The zero-order valence-corrected chi connectivity index (χ0v) is 9.51. The lowest BCUT2D eigenvalue weighted by Gasteiger charge is -2.09. The number of nitrogens with two attached hydrogens (primary N) is 1.